The van der Waals surface area contributed by atoms with Gasteiger partial charge in [0.15, 0.2) is 0 Å². The predicted molar refractivity (Wildman–Crippen MR) is 111 cm³/mol. The molecule has 7 heteroatoms. The molecule has 0 aromatic heterocycles. The normalized spacial score (nSPS) is 17.3. The molecule has 0 amide bonds. The number of hydrogen-bond acceptors (Lipinski definition) is 6. The van der Waals surface area contributed by atoms with Crippen molar-refractivity contribution in [2.75, 3.05) is 81.2 Å². The molecule has 1 saturated heterocycles. The third-order valence-electron chi connectivity index (χ3n) is 5.47. The quantitative estimate of drug-likeness (QED) is 0.316. The number of rotatable bonds is 15. The summed E-state index contributed by atoms with van der Waals surface area (Å²) in [5.41, 5.74) is 0. The van der Waals surface area contributed by atoms with Gasteiger partial charge < -0.3 is 23.1 Å². The molecule has 0 saturated carbocycles. The number of piperazine rings is 1. The fraction of sp³-hybridized carbons (Fsp3) is 1.00. The van der Waals surface area contributed by atoms with Crippen molar-refractivity contribution in [2.24, 2.45) is 0 Å². The van der Waals surface area contributed by atoms with Gasteiger partial charge in [-0.25, -0.2) is 0 Å². The second-order valence-corrected chi connectivity index (χ2v) is 10.7. The molecule has 0 atom stereocenters. The third kappa shape index (κ3) is 9.78. The van der Waals surface area contributed by atoms with E-state index in [-0.39, 0.29) is 0 Å². The van der Waals surface area contributed by atoms with E-state index >= 15 is 0 Å². The van der Waals surface area contributed by atoms with Crippen LogP contribution in [0.4, 0.5) is 0 Å². The van der Waals surface area contributed by atoms with Crippen molar-refractivity contribution in [1.29, 1.82) is 0 Å². The summed E-state index contributed by atoms with van der Waals surface area (Å²) in [6, 6.07) is 0.925. The summed E-state index contributed by atoms with van der Waals surface area (Å²) in [6.07, 6.45) is 7.71. The van der Waals surface area contributed by atoms with Gasteiger partial charge in [-0.05, 0) is 33.5 Å². The molecule has 156 valence electrons. The number of nitrogens with zero attached hydrogens (tertiary/aromatic N) is 3. The predicted octanol–water partition coefficient (Wildman–Crippen LogP) is 2.38. The van der Waals surface area contributed by atoms with Crippen LogP contribution in [-0.2, 0) is 13.3 Å². The molecule has 0 spiro atoms. The highest BCUT2D eigenvalue weighted by molar-refractivity contribution is 6.60. The van der Waals surface area contributed by atoms with Crippen LogP contribution in [-0.4, -0.2) is 105 Å². The highest BCUT2D eigenvalue weighted by atomic mass is 28.4. The van der Waals surface area contributed by atoms with Gasteiger partial charge >= 0.3 is 8.80 Å². The van der Waals surface area contributed by atoms with Gasteiger partial charge in [0, 0.05) is 66.6 Å². The molecular formula is C19H43N3O3Si. The molecule has 1 aliphatic heterocycles. The lowest BCUT2D eigenvalue weighted by Crippen LogP contribution is -2.48. The van der Waals surface area contributed by atoms with Crippen LogP contribution < -0.4 is 0 Å². The van der Waals surface area contributed by atoms with Crippen LogP contribution in [0.3, 0.4) is 0 Å². The van der Waals surface area contributed by atoms with Crippen LogP contribution in [0.25, 0.3) is 0 Å². The van der Waals surface area contributed by atoms with Gasteiger partial charge in [-0.15, -0.1) is 0 Å². The topological polar surface area (TPSA) is 37.4 Å². The van der Waals surface area contributed by atoms with E-state index in [4.69, 9.17) is 13.3 Å². The van der Waals surface area contributed by atoms with Crippen LogP contribution in [0.5, 0.6) is 0 Å². The summed E-state index contributed by atoms with van der Waals surface area (Å²) in [5.74, 6) is 0. The maximum atomic E-state index is 5.47. The number of likely N-dealkylation sites (N-methyl/N-ethyl adjacent to an activating group) is 1. The van der Waals surface area contributed by atoms with Crippen molar-refractivity contribution in [3.63, 3.8) is 0 Å². The molecule has 0 radical (unpaired) electrons. The van der Waals surface area contributed by atoms with Crippen molar-refractivity contribution in [2.45, 2.75) is 44.6 Å². The lowest BCUT2D eigenvalue weighted by atomic mass is 10.1. The fourth-order valence-corrected chi connectivity index (χ4v) is 5.31. The molecule has 0 bridgehead atoms. The second kappa shape index (κ2) is 14.0. The Balaban J connectivity index is 1.95. The first-order valence-corrected chi connectivity index (χ1v) is 12.2. The zero-order valence-electron chi connectivity index (χ0n) is 18.0. The van der Waals surface area contributed by atoms with E-state index in [9.17, 15) is 0 Å². The average Bonchev–Trinajstić information content (AvgIpc) is 2.66. The second-order valence-electron chi connectivity index (χ2n) is 7.65. The number of unbranched alkanes of at least 4 members (excludes halogenated alkanes) is 5. The van der Waals surface area contributed by atoms with E-state index in [1.807, 2.05) is 0 Å². The molecule has 0 aromatic carbocycles. The van der Waals surface area contributed by atoms with Crippen LogP contribution in [0.1, 0.15) is 38.5 Å². The molecule has 6 nitrogen and oxygen atoms in total. The van der Waals surface area contributed by atoms with Gasteiger partial charge in [0.05, 0.1) is 0 Å². The Morgan fingerprint density at radius 2 is 1.15 bits per heavy atom. The average molecular weight is 390 g/mol. The van der Waals surface area contributed by atoms with E-state index in [1.165, 1.54) is 77.9 Å². The van der Waals surface area contributed by atoms with Gasteiger partial charge in [-0.3, -0.25) is 4.90 Å². The van der Waals surface area contributed by atoms with E-state index in [2.05, 4.69) is 28.8 Å². The Morgan fingerprint density at radius 3 is 1.65 bits per heavy atom. The van der Waals surface area contributed by atoms with Crippen molar-refractivity contribution in [1.82, 2.24) is 14.7 Å². The Hall–Kier alpha value is -0.0231. The van der Waals surface area contributed by atoms with Gasteiger partial charge in [0.2, 0.25) is 0 Å². The summed E-state index contributed by atoms with van der Waals surface area (Å²) in [6.45, 7) is 8.60. The summed E-state index contributed by atoms with van der Waals surface area (Å²) in [4.78, 5) is 7.51. The van der Waals surface area contributed by atoms with Gasteiger partial charge in [-0.2, -0.15) is 0 Å². The molecule has 0 N–H and O–H groups in total. The smallest absolute Gasteiger partial charge is 0.377 e. The van der Waals surface area contributed by atoms with Gasteiger partial charge in [0.1, 0.15) is 0 Å². The molecule has 1 aliphatic rings. The lowest BCUT2D eigenvalue weighted by molar-refractivity contribution is 0.122. The minimum absolute atomic E-state index is 0.925. The van der Waals surface area contributed by atoms with E-state index in [0.29, 0.717) is 0 Å². The molecular weight excluding hydrogens is 346 g/mol. The van der Waals surface area contributed by atoms with Crippen LogP contribution in [0.15, 0.2) is 0 Å². The minimum atomic E-state index is -2.35. The lowest BCUT2D eigenvalue weighted by Gasteiger charge is -2.35. The maximum absolute atomic E-state index is 5.47. The SMILES string of the molecule is CO[Si](CCCCCCCCN1CCN(CCN(C)C)CC1)(OC)OC. The molecule has 0 unspecified atom stereocenters. The summed E-state index contributed by atoms with van der Waals surface area (Å²) >= 11 is 0. The van der Waals surface area contributed by atoms with Crippen LogP contribution in [0.2, 0.25) is 6.04 Å². The summed E-state index contributed by atoms with van der Waals surface area (Å²) < 4.78 is 16.4. The third-order valence-corrected chi connectivity index (χ3v) is 8.30. The van der Waals surface area contributed by atoms with E-state index < -0.39 is 8.80 Å². The molecule has 0 aliphatic carbocycles. The molecule has 1 fully saturated rings. The highest BCUT2D eigenvalue weighted by Gasteiger charge is 2.36. The largest absolute Gasteiger partial charge is 0.500 e. The van der Waals surface area contributed by atoms with Gasteiger partial charge in [-0.1, -0.05) is 25.7 Å². The molecule has 0 aromatic rings. The first-order valence-electron chi connectivity index (χ1n) is 10.3. The Bertz CT molecular complexity index is 328. The summed E-state index contributed by atoms with van der Waals surface area (Å²) in [7, 11) is 7.05. The van der Waals surface area contributed by atoms with Crippen LogP contribution in [0, 0.1) is 0 Å². The first-order chi connectivity index (χ1) is 12.5. The summed E-state index contributed by atoms with van der Waals surface area (Å²) in [5, 5.41) is 0. The van der Waals surface area contributed by atoms with Crippen molar-refractivity contribution in [3.8, 4) is 0 Å². The Morgan fingerprint density at radius 1 is 0.692 bits per heavy atom. The minimum Gasteiger partial charge on any atom is -0.377 e. The van der Waals surface area contributed by atoms with E-state index in [1.54, 1.807) is 21.3 Å². The highest BCUT2D eigenvalue weighted by Crippen LogP contribution is 2.18. The Kier molecular flexibility index (Phi) is 13.0. The van der Waals surface area contributed by atoms with Crippen LogP contribution >= 0.6 is 0 Å². The molecule has 1 rings (SSSR count). The molecule has 1 heterocycles. The first kappa shape index (κ1) is 24.0. The van der Waals surface area contributed by atoms with Crippen molar-refractivity contribution >= 4 is 8.80 Å². The Labute approximate surface area is 163 Å². The zero-order valence-corrected chi connectivity index (χ0v) is 19.0. The fourth-order valence-electron chi connectivity index (χ4n) is 3.52. The van der Waals surface area contributed by atoms with Crippen molar-refractivity contribution in [3.05, 3.63) is 0 Å². The zero-order chi connectivity index (χ0) is 19.3. The monoisotopic (exact) mass is 389 g/mol. The molecule has 26 heavy (non-hydrogen) atoms. The van der Waals surface area contributed by atoms with E-state index in [0.717, 1.165) is 12.5 Å². The standard InChI is InChI=1S/C19H43N3O3Si/c1-20(2)13-14-22-17-15-21(16-18-22)12-10-8-6-7-9-11-19-26(23-3,24-4)25-5/h6-19H2,1-5H3. The maximum Gasteiger partial charge on any atom is 0.500 e. The number of hydrogen-bond donors (Lipinski definition) is 0. The van der Waals surface area contributed by atoms with Crippen molar-refractivity contribution < 1.29 is 13.3 Å². The van der Waals surface area contributed by atoms with Gasteiger partial charge in [0.25, 0.3) is 0 Å².